The first-order chi connectivity index (χ1) is 23.4. The Morgan fingerprint density at radius 3 is 2.42 bits per heavy atom. The van der Waals surface area contributed by atoms with Gasteiger partial charge in [0, 0.05) is 0 Å². The van der Waals surface area contributed by atoms with Crippen molar-refractivity contribution in [3.63, 3.8) is 0 Å². The molecule has 4 aromatic carbocycles. The van der Waals surface area contributed by atoms with E-state index in [-0.39, 0.29) is 17.7 Å². The molecule has 0 radical (unpaired) electrons. The fourth-order valence-corrected chi connectivity index (χ4v) is 6.90. The van der Waals surface area contributed by atoms with Crippen LogP contribution in [-0.2, 0) is 16.1 Å². The maximum atomic E-state index is 14.2. The van der Waals surface area contributed by atoms with Crippen LogP contribution in [0.1, 0.15) is 43.5 Å². The summed E-state index contributed by atoms with van der Waals surface area (Å²) in [5, 5.41) is 2.29. The molecule has 0 aliphatic carbocycles. The lowest BCUT2D eigenvalue weighted by Crippen LogP contribution is -2.39. The summed E-state index contributed by atoms with van der Waals surface area (Å²) in [5.74, 6) is 1.64. The molecule has 0 amide bonds. The average Bonchev–Trinajstić information content (AvgIpc) is 3.40. The lowest BCUT2D eigenvalue weighted by Gasteiger charge is -2.25. The number of aromatic nitrogens is 1. The maximum Gasteiger partial charge on any atom is 0.338 e. The lowest BCUT2D eigenvalue weighted by molar-refractivity contribution is -0.139. The Kier molecular flexibility index (Phi) is 9.63. The van der Waals surface area contributed by atoms with Gasteiger partial charge in [0.1, 0.15) is 6.61 Å². The number of fused-ring (bicyclic) bond motifs is 2. The van der Waals surface area contributed by atoms with Crippen LogP contribution in [0.5, 0.6) is 23.0 Å². The van der Waals surface area contributed by atoms with Gasteiger partial charge in [-0.25, -0.2) is 9.79 Å². The molecule has 5 aromatic rings. The number of methoxy groups -OCH3 is 2. The van der Waals surface area contributed by atoms with Gasteiger partial charge < -0.3 is 23.7 Å². The molecular weight excluding hydrogens is 628 g/mol. The zero-order valence-electron chi connectivity index (χ0n) is 27.4. The predicted molar refractivity (Wildman–Crippen MR) is 186 cm³/mol. The third-order valence-corrected chi connectivity index (χ3v) is 9.05. The molecule has 0 N–H and O–H groups in total. The average molecular weight is 665 g/mol. The Hall–Kier alpha value is -5.35. The van der Waals surface area contributed by atoms with Gasteiger partial charge >= 0.3 is 5.97 Å². The lowest BCUT2D eigenvalue weighted by atomic mass is 9.95. The molecule has 0 fully saturated rings. The Morgan fingerprint density at radius 2 is 1.65 bits per heavy atom. The summed E-state index contributed by atoms with van der Waals surface area (Å²) in [5.41, 5.74) is 2.96. The number of rotatable bonds is 11. The number of carbonyl (C=O) groups excluding carboxylic acids is 1. The Morgan fingerprint density at radius 1 is 0.875 bits per heavy atom. The van der Waals surface area contributed by atoms with E-state index < -0.39 is 12.0 Å². The number of hydrogen-bond acceptors (Lipinski definition) is 9. The van der Waals surface area contributed by atoms with Crippen molar-refractivity contribution in [2.45, 2.75) is 33.4 Å². The first kappa shape index (κ1) is 32.6. The number of benzene rings is 4. The minimum Gasteiger partial charge on any atom is -0.493 e. The van der Waals surface area contributed by atoms with E-state index in [1.165, 1.54) is 18.4 Å². The van der Waals surface area contributed by atoms with Gasteiger partial charge in [-0.2, -0.15) is 0 Å². The molecule has 0 saturated heterocycles. The number of hydrogen-bond donors (Lipinski definition) is 0. The van der Waals surface area contributed by atoms with E-state index in [1.54, 1.807) is 43.7 Å². The van der Waals surface area contributed by atoms with Gasteiger partial charge in [0.2, 0.25) is 0 Å². The Bertz CT molecular complexity index is 2210. The van der Waals surface area contributed by atoms with Crippen LogP contribution >= 0.6 is 11.3 Å². The maximum absolute atomic E-state index is 14.2. The molecule has 1 unspecified atom stereocenters. The minimum atomic E-state index is -0.786. The first-order valence-electron chi connectivity index (χ1n) is 15.6. The van der Waals surface area contributed by atoms with Crippen molar-refractivity contribution in [1.82, 2.24) is 4.57 Å². The Balaban J connectivity index is 1.39. The second kappa shape index (κ2) is 14.2. The van der Waals surface area contributed by atoms with E-state index in [0.717, 1.165) is 21.9 Å². The van der Waals surface area contributed by atoms with Crippen LogP contribution in [0, 0.1) is 0 Å². The molecule has 2 heterocycles. The fraction of sp³-hybridized carbons (Fsp3) is 0.237. The highest BCUT2D eigenvalue weighted by Gasteiger charge is 2.34. The number of nitrogens with zero attached hydrogens (tertiary/aromatic N) is 2. The van der Waals surface area contributed by atoms with Crippen LogP contribution in [0.2, 0.25) is 0 Å². The molecule has 0 spiro atoms. The second-order valence-electron chi connectivity index (χ2n) is 11.0. The normalized spacial score (nSPS) is 14.4. The highest BCUT2D eigenvalue weighted by Crippen LogP contribution is 2.36. The van der Waals surface area contributed by atoms with Gasteiger partial charge in [-0.05, 0) is 78.6 Å². The molecule has 1 aromatic heterocycles. The van der Waals surface area contributed by atoms with Crippen LogP contribution in [0.3, 0.4) is 0 Å². The van der Waals surface area contributed by atoms with Crippen molar-refractivity contribution in [1.29, 1.82) is 0 Å². The predicted octanol–water partition coefficient (Wildman–Crippen LogP) is 5.95. The summed E-state index contributed by atoms with van der Waals surface area (Å²) in [6.45, 7) is 6.40. The molecule has 10 heteroatoms. The molecular formula is C38H36N2O7S. The quantitative estimate of drug-likeness (QED) is 0.161. The van der Waals surface area contributed by atoms with Gasteiger partial charge in [-0.15, -0.1) is 0 Å². The van der Waals surface area contributed by atoms with Crippen molar-refractivity contribution in [3.05, 3.63) is 127 Å². The zero-order valence-corrected chi connectivity index (χ0v) is 28.3. The molecule has 1 aliphatic rings. The molecule has 0 saturated carbocycles. The van der Waals surface area contributed by atoms with Crippen molar-refractivity contribution >= 4 is 34.2 Å². The van der Waals surface area contributed by atoms with Crippen LogP contribution in [-0.4, -0.2) is 38.0 Å². The van der Waals surface area contributed by atoms with Crippen molar-refractivity contribution < 1.29 is 28.5 Å². The third kappa shape index (κ3) is 6.31. The van der Waals surface area contributed by atoms with Crippen molar-refractivity contribution in [2.24, 2.45) is 4.99 Å². The molecule has 48 heavy (non-hydrogen) atoms. The summed E-state index contributed by atoms with van der Waals surface area (Å²) < 4.78 is 30.6. The highest BCUT2D eigenvalue weighted by atomic mass is 32.1. The Labute approximate surface area is 281 Å². The van der Waals surface area contributed by atoms with Crippen LogP contribution in [0.25, 0.3) is 16.8 Å². The number of thiazole rings is 1. The van der Waals surface area contributed by atoms with E-state index in [9.17, 15) is 9.59 Å². The number of esters is 1. The highest BCUT2D eigenvalue weighted by molar-refractivity contribution is 7.07. The second-order valence-corrected chi connectivity index (χ2v) is 12.0. The summed E-state index contributed by atoms with van der Waals surface area (Å²) in [4.78, 5) is 32.6. The van der Waals surface area contributed by atoms with Gasteiger partial charge in [0.15, 0.2) is 27.8 Å². The molecule has 6 rings (SSSR count). The van der Waals surface area contributed by atoms with Gasteiger partial charge in [-0.1, -0.05) is 65.9 Å². The summed E-state index contributed by atoms with van der Waals surface area (Å²) in [6, 6.07) is 24.5. The van der Waals surface area contributed by atoms with Gasteiger partial charge in [0.25, 0.3) is 5.56 Å². The van der Waals surface area contributed by atoms with E-state index in [4.69, 9.17) is 23.7 Å². The number of carbonyl (C=O) groups is 1. The van der Waals surface area contributed by atoms with Crippen molar-refractivity contribution in [3.8, 4) is 23.0 Å². The number of ether oxygens (including phenoxy) is 5. The van der Waals surface area contributed by atoms with E-state index in [1.807, 2.05) is 49.4 Å². The van der Waals surface area contributed by atoms with E-state index in [2.05, 4.69) is 29.3 Å². The molecule has 0 bridgehead atoms. The molecule has 9 nitrogen and oxygen atoms in total. The standard InChI is InChI=1S/C38H36N2O7S/c1-6-45-32-19-24(15-17-30(32)47-22-27-13-10-12-25-11-8-9-14-28(25)27)20-33-36(41)40-35(26-16-18-29(43-4)31(21-26)44-5)34(37(42)46-7-2)23(3)39-38(40)48-33/h8-21,35H,6-7,22H2,1-5H3. The van der Waals surface area contributed by atoms with Crippen LogP contribution in [0.4, 0.5) is 0 Å². The van der Waals surface area contributed by atoms with Crippen LogP contribution in [0.15, 0.2) is 99.9 Å². The number of allylic oxidation sites excluding steroid dienone is 1. The molecule has 1 aliphatic heterocycles. The molecule has 1 atom stereocenters. The topological polar surface area (TPSA) is 97.6 Å². The smallest absolute Gasteiger partial charge is 0.338 e. The largest absolute Gasteiger partial charge is 0.493 e. The van der Waals surface area contributed by atoms with E-state index >= 15 is 0 Å². The fourth-order valence-electron chi connectivity index (χ4n) is 5.86. The summed E-state index contributed by atoms with van der Waals surface area (Å²) >= 11 is 1.25. The van der Waals surface area contributed by atoms with Crippen LogP contribution < -0.4 is 33.8 Å². The third-order valence-electron chi connectivity index (χ3n) is 8.07. The minimum absolute atomic E-state index is 0.183. The van der Waals surface area contributed by atoms with Gasteiger partial charge in [-0.3, -0.25) is 9.36 Å². The van der Waals surface area contributed by atoms with E-state index in [0.29, 0.717) is 56.8 Å². The SMILES string of the molecule is CCOC(=O)C1=C(C)N=c2sc(=Cc3ccc(OCc4cccc5ccccc45)c(OCC)c3)c(=O)n2C1c1ccc(OC)c(OC)c1. The summed E-state index contributed by atoms with van der Waals surface area (Å²) in [7, 11) is 3.09. The monoisotopic (exact) mass is 664 g/mol. The summed E-state index contributed by atoms with van der Waals surface area (Å²) in [6.07, 6.45) is 1.80. The zero-order chi connectivity index (χ0) is 33.8. The molecule has 246 valence electrons. The van der Waals surface area contributed by atoms with Crippen molar-refractivity contribution in [2.75, 3.05) is 27.4 Å². The first-order valence-corrected chi connectivity index (χ1v) is 16.5. The van der Waals surface area contributed by atoms with Gasteiger partial charge in [0.05, 0.1) is 49.3 Å².